The van der Waals surface area contributed by atoms with E-state index in [2.05, 4.69) is 0 Å². The van der Waals surface area contributed by atoms with E-state index in [0.29, 0.717) is 5.56 Å². The quantitative estimate of drug-likeness (QED) is 0.817. The van der Waals surface area contributed by atoms with E-state index in [-0.39, 0.29) is 16.1 Å². The molecule has 0 aliphatic carbocycles. The molecule has 0 unspecified atom stereocenters. The van der Waals surface area contributed by atoms with Crippen LogP contribution in [0, 0.1) is 19.7 Å². The first-order valence-electron chi connectivity index (χ1n) is 5.94. The predicted octanol–water partition coefficient (Wildman–Crippen LogP) is 3.09. The van der Waals surface area contributed by atoms with Crippen molar-refractivity contribution >= 4 is 16.1 Å². The third-order valence-corrected chi connectivity index (χ3v) is 5.01. The van der Waals surface area contributed by atoms with Gasteiger partial charge in [0.15, 0.2) is 6.29 Å². The third-order valence-electron chi connectivity index (χ3n) is 3.04. The van der Waals surface area contributed by atoms with Gasteiger partial charge in [-0.15, -0.1) is 0 Å². The summed E-state index contributed by atoms with van der Waals surface area (Å²) >= 11 is 0. The van der Waals surface area contributed by atoms with Crippen LogP contribution >= 0.6 is 0 Å². The topological polar surface area (TPSA) is 51.2 Å². The molecule has 2 aromatic rings. The molecule has 2 rings (SSSR count). The van der Waals surface area contributed by atoms with Crippen molar-refractivity contribution in [3.05, 3.63) is 58.9 Å². The van der Waals surface area contributed by atoms with Crippen molar-refractivity contribution in [1.82, 2.24) is 0 Å². The van der Waals surface area contributed by atoms with Gasteiger partial charge in [0.25, 0.3) is 0 Å². The molecular weight excluding hydrogens is 279 g/mol. The van der Waals surface area contributed by atoms with Crippen molar-refractivity contribution < 1.29 is 17.6 Å². The van der Waals surface area contributed by atoms with E-state index in [4.69, 9.17) is 0 Å². The lowest BCUT2D eigenvalue weighted by Gasteiger charge is -2.10. The zero-order valence-corrected chi connectivity index (χ0v) is 11.9. The molecular formula is C15H13FO3S. The van der Waals surface area contributed by atoms with E-state index in [1.54, 1.807) is 19.1 Å². The number of halogens is 1. The summed E-state index contributed by atoms with van der Waals surface area (Å²) in [5.74, 6) is -0.842. The minimum atomic E-state index is -3.92. The van der Waals surface area contributed by atoms with Gasteiger partial charge in [-0.2, -0.15) is 0 Å². The predicted molar refractivity (Wildman–Crippen MR) is 73.2 cm³/mol. The summed E-state index contributed by atoms with van der Waals surface area (Å²) < 4.78 is 38.7. The monoisotopic (exact) mass is 292 g/mol. The zero-order valence-electron chi connectivity index (χ0n) is 11.1. The average molecular weight is 292 g/mol. The molecule has 0 aliphatic rings. The Kier molecular flexibility index (Phi) is 3.72. The molecule has 0 bridgehead atoms. The summed E-state index contributed by atoms with van der Waals surface area (Å²) in [7, 11) is -3.92. The number of carbonyl (C=O) groups excluding carboxylic acids is 1. The van der Waals surface area contributed by atoms with Crippen molar-refractivity contribution in [2.75, 3.05) is 0 Å². The molecule has 0 saturated carbocycles. The lowest BCUT2D eigenvalue weighted by atomic mass is 10.2. The number of benzene rings is 2. The summed E-state index contributed by atoms with van der Waals surface area (Å²) in [5.41, 5.74) is 1.05. The molecule has 5 heteroatoms. The fourth-order valence-corrected chi connectivity index (χ4v) is 3.75. The minimum Gasteiger partial charge on any atom is -0.298 e. The van der Waals surface area contributed by atoms with Crippen LogP contribution in [0.5, 0.6) is 0 Å². The number of rotatable bonds is 3. The maximum absolute atomic E-state index is 13.6. The van der Waals surface area contributed by atoms with Gasteiger partial charge in [0.1, 0.15) is 5.82 Å². The van der Waals surface area contributed by atoms with Crippen LogP contribution in [0.25, 0.3) is 0 Å². The van der Waals surface area contributed by atoms with Crippen LogP contribution in [0.3, 0.4) is 0 Å². The van der Waals surface area contributed by atoms with E-state index in [0.717, 1.165) is 11.6 Å². The second-order valence-corrected chi connectivity index (χ2v) is 6.43. The number of carbonyl (C=O) groups is 1. The standard InChI is InChI=1S/C15H13FO3S/c1-10-6-7-14(11(2)8-10)20(18,19)15-5-3-4-13(16)12(15)9-17/h3-9H,1-2H3. The number of sulfone groups is 1. The Morgan fingerprint density at radius 2 is 1.75 bits per heavy atom. The summed E-state index contributed by atoms with van der Waals surface area (Å²) in [4.78, 5) is 10.7. The second kappa shape index (κ2) is 5.17. The molecule has 0 spiro atoms. The molecule has 0 aliphatic heterocycles. The molecule has 0 heterocycles. The molecule has 0 radical (unpaired) electrons. The largest absolute Gasteiger partial charge is 0.298 e. The molecule has 0 fully saturated rings. The summed E-state index contributed by atoms with van der Waals surface area (Å²) in [6.45, 7) is 3.52. The number of aldehydes is 1. The molecule has 3 nitrogen and oxygen atoms in total. The van der Waals surface area contributed by atoms with Gasteiger partial charge in [0.2, 0.25) is 9.84 Å². The molecule has 0 atom stereocenters. The maximum Gasteiger partial charge on any atom is 0.207 e. The van der Waals surface area contributed by atoms with Crippen LogP contribution in [-0.2, 0) is 9.84 Å². The average Bonchev–Trinajstić information content (AvgIpc) is 2.37. The van der Waals surface area contributed by atoms with Gasteiger partial charge in [-0.1, -0.05) is 23.8 Å². The highest BCUT2D eigenvalue weighted by molar-refractivity contribution is 7.91. The van der Waals surface area contributed by atoms with E-state index >= 15 is 0 Å². The number of aryl methyl sites for hydroxylation is 2. The maximum atomic E-state index is 13.6. The van der Waals surface area contributed by atoms with Gasteiger partial charge in [0, 0.05) is 0 Å². The van der Waals surface area contributed by atoms with Crippen LogP contribution < -0.4 is 0 Å². The van der Waals surface area contributed by atoms with Gasteiger partial charge >= 0.3 is 0 Å². The lowest BCUT2D eigenvalue weighted by Crippen LogP contribution is -2.08. The normalized spacial score (nSPS) is 11.3. The Hall–Kier alpha value is -2.01. The van der Waals surface area contributed by atoms with Crippen LogP contribution in [0.15, 0.2) is 46.2 Å². The fraction of sp³-hybridized carbons (Fsp3) is 0.133. The third kappa shape index (κ3) is 2.36. The molecule has 20 heavy (non-hydrogen) atoms. The van der Waals surface area contributed by atoms with Crippen molar-refractivity contribution in [1.29, 1.82) is 0 Å². The molecule has 2 aromatic carbocycles. The Balaban J connectivity index is 2.73. The highest BCUT2D eigenvalue weighted by Crippen LogP contribution is 2.27. The first kappa shape index (κ1) is 14.4. The molecule has 0 N–H and O–H groups in total. The summed E-state index contributed by atoms with van der Waals surface area (Å²) in [5, 5.41) is 0. The van der Waals surface area contributed by atoms with E-state index in [1.165, 1.54) is 18.2 Å². The highest BCUT2D eigenvalue weighted by atomic mass is 32.2. The molecule has 0 amide bonds. The Labute approximate surface area is 117 Å². The summed E-state index contributed by atoms with van der Waals surface area (Å²) in [6, 6.07) is 8.44. The zero-order chi connectivity index (χ0) is 14.9. The SMILES string of the molecule is Cc1ccc(S(=O)(=O)c2cccc(F)c2C=O)c(C)c1. The number of hydrogen-bond acceptors (Lipinski definition) is 3. The van der Waals surface area contributed by atoms with Gasteiger partial charge < -0.3 is 0 Å². The molecule has 104 valence electrons. The van der Waals surface area contributed by atoms with Crippen molar-refractivity contribution in [3.63, 3.8) is 0 Å². The van der Waals surface area contributed by atoms with Gasteiger partial charge in [-0.3, -0.25) is 4.79 Å². The Morgan fingerprint density at radius 1 is 1.05 bits per heavy atom. The second-order valence-electron chi connectivity index (χ2n) is 4.54. The van der Waals surface area contributed by atoms with Gasteiger partial charge in [0.05, 0.1) is 15.4 Å². The molecule has 0 aromatic heterocycles. The van der Waals surface area contributed by atoms with E-state index < -0.39 is 21.2 Å². The van der Waals surface area contributed by atoms with Crippen LogP contribution in [-0.4, -0.2) is 14.7 Å². The first-order chi connectivity index (χ1) is 9.37. The number of hydrogen-bond donors (Lipinski definition) is 0. The van der Waals surface area contributed by atoms with Crippen molar-refractivity contribution in [2.45, 2.75) is 23.6 Å². The molecule has 0 saturated heterocycles. The van der Waals surface area contributed by atoms with E-state index in [1.807, 2.05) is 6.92 Å². The van der Waals surface area contributed by atoms with E-state index in [9.17, 15) is 17.6 Å². The minimum absolute atomic E-state index is 0.0804. The van der Waals surface area contributed by atoms with Crippen LogP contribution in [0.1, 0.15) is 21.5 Å². The Morgan fingerprint density at radius 3 is 2.35 bits per heavy atom. The highest BCUT2D eigenvalue weighted by Gasteiger charge is 2.24. The van der Waals surface area contributed by atoms with Crippen molar-refractivity contribution in [2.24, 2.45) is 0 Å². The Bertz CT molecular complexity index is 780. The lowest BCUT2D eigenvalue weighted by molar-refractivity contribution is 0.111. The van der Waals surface area contributed by atoms with Crippen molar-refractivity contribution in [3.8, 4) is 0 Å². The van der Waals surface area contributed by atoms with Gasteiger partial charge in [-0.05, 0) is 37.6 Å². The van der Waals surface area contributed by atoms with Gasteiger partial charge in [-0.25, -0.2) is 12.8 Å². The van der Waals surface area contributed by atoms with Crippen LogP contribution in [0.4, 0.5) is 4.39 Å². The summed E-state index contributed by atoms with van der Waals surface area (Å²) in [6.07, 6.45) is 0.228. The fourth-order valence-electron chi connectivity index (χ4n) is 2.09. The first-order valence-corrected chi connectivity index (χ1v) is 7.42. The smallest absolute Gasteiger partial charge is 0.207 e. The van der Waals surface area contributed by atoms with Crippen LogP contribution in [0.2, 0.25) is 0 Å².